The molecule has 0 atom stereocenters. The average molecular weight is 498 g/mol. The molecule has 0 aliphatic rings. The predicted octanol–water partition coefficient (Wildman–Crippen LogP) is 5.95. The Kier molecular flexibility index (Phi) is 5.67. The van der Waals surface area contributed by atoms with Gasteiger partial charge in [0.1, 0.15) is 22.7 Å². The summed E-state index contributed by atoms with van der Waals surface area (Å²) < 4.78 is 69.6. The van der Waals surface area contributed by atoms with Crippen LogP contribution in [0.4, 0.5) is 17.6 Å². The van der Waals surface area contributed by atoms with Crippen molar-refractivity contribution >= 4 is 11.0 Å². The Morgan fingerprint density at radius 3 is 2.42 bits per heavy atom. The van der Waals surface area contributed by atoms with Crippen molar-refractivity contribution in [1.29, 1.82) is 0 Å². The highest BCUT2D eigenvalue weighted by Crippen LogP contribution is 2.34. The third-order valence-corrected chi connectivity index (χ3v) is 5.19. The molecule has 2 heterocycles. The van der Waals surface area contributed by atoms with Crippen LogP contribution in [0.5, 0.6) is 11.7 Å². The number of hydrogen-bond donors (Lipinski definition) is 1. The summed E-state index contributed by atoms with van der Waals surface area (Å²) in [4.78, 5) is 13.2. The number of fused-ring (bicyclic) bond motifs is 1. The van der Waals surface area contributed by atoms with Crippen LogP contribution in [0.1, 0.15) is 11.5 Å². The molecule has 0 amide bonds. The molecule has 0 aliphatic heterocycles. The second kappa shape index (κ2) is 8.84. The number of alkyl halides is 3. The number of phenolic OH excluding ortho intramolecular Hbond substituents is 1. The van der Waals surface area contributed by atoms with E-state index in [4.69, 9.17) is 13.6 Å². The van der Waals surface area contributed by atoms with Gasteiger partial charge in [-0.15, -0.1) is 10.2 Å². The van der Waals surface area contributed by atoms with Crippen LogP contribution in [0.15, 0.2) is 80.4 Å². The number of ether oxygens (including phenoxy) is 1. The molecule has 7 nitrogen and oxygen atoms in total. The Bertz CT molecular complexity index is 1620. The van der Waals surface area contributed by atoms with Crippen molar-refractivity contribution in [3.05, 3.63) is 94.2 Å². The minimum Gasteiger partial charge on any atom is -0.508 e. The maximum absolute atomic E-state index is 13.7. The van der Waals surface area contributed by atoms with Crippen molar-refractivity contribution in [2.75, 3.05) is 0 Å². The molecule has 182 valence electrons. The van der Waals surface area contributed by atoms with E-state index in [0.717, 1.165) is 6.07 Å². The molecule has 0 fully saturated rings. The molecule has 0 saturated carbocycles. The Balaban J connectivity index is 1.48. The van der Waals surface area contributed by atoms with Gasteiger partial charge < -0.3 is 18.7 Å². The maximum Gasteiger partial charge on any atom is 0.416 e. The van der Waals surface area contributed by atoms with Gasteiger partial charge in [0, 0.05) is 5.56 Å². The van der Waals surface area contributed by atoms with Crippen molar-refractivity contribution in [2.24, 2.45) is 0 Å². The first kappa shape index (κ1) is 23.1. The summed E-state index contributed by atoms with van der Waals surface area (Å²) in [7, 11) is 0. The van der Waals surface area contributed by atoms with E-state index in [2.05, 4.69) is 10.2 Å². The Morgan fingerprint density at radius 1 is 0.917 bits per heavy atom. The van der Waals surface area contributed by atoms with Crippen LogP contribution < -0.4 is 10.2 Å². The van der Waals surface area contributed by atoms with E-state index in [1.807, 2.05) is 0 Å². The van der Waals surface area contributed by atoms with Gasteiger partial charge in [-0.05, 0) is 48.0 Å². The molecule has 5 rings (SSSR count). The van der Waals surface area contributed by atoms with Gasteiger partial charge in [0.2, 0.25) is 11.3 Å². The van der Waals surface area contributed by atoms with Crippen molar-refractivity contribution < 1.29 is 36.2 Å². The smallest absolute Gasteiger partial charge is 0.416 e. The number of phenols is 1. The molecule has 0 unspecified atom stereocenters. The predicted molar refractivity (Wildman–Crippen MR) is 119 cm³/mol. The standard InChI is InChI=1S/C25H14F4N2O5/c26-16-10-14(9-15(11-16)25(27,28)29)23-31-30-20(36-23)12-34-24-21(13-5-7-17(32)8-6-13)22(33)18-3-1-2-4-19(18)35-24/h1-11,32H,12H2. The van der Waals surface area contributed by atoms with Gasteiger partial charge in [-0.3, -0.25) is 4.79 Å². The zero-order valence-corrected chi connectivity index (χ0v) is 18.0. The van der Waals surface area contributed by atoms with Gasteiger partial charge in [0.05, 0.1) is 10.9 Å². The van der Waals surface area contributed by atoms with Gasteiger partial charge >= 0.3 is 6.18 Å². The Labute approximate surface area is 199 Å². The Hall–Kier alpha value is -4.67. The van der Waals surface area contributed by atoms with Crippen molar-refractivity contribution in [2.45, 2.75) is 12.8 Å². The first-order chi connectivity index (χ1) is 17.2. The fourth-order valence-corrected chi connectivity index (χ4v) is 3.53. The topological polar surface area (TPSA) is 98.6 Å². The minimum absolute atomic E-state index is 0.00388. The van der Waals surface area contributed by atoms with E-state index >= 15 is 0 Å². The third kappa shape index (κ3) is 4.50. The van der Waals surface area contributed by atoms with Gasteiger partial charge in [-0.1, -0.05) is 24.3 Å². The second-order valence-electron chi connectivity index (χ2n) is 7.65. The number of nitrogens with zero attached hydrogens (tertiary/aromatic N) is 2. The molecule has 36 heavy (non-hydrogen) atoms. The molecule has 0 spiro atoms. The lowest BCUT2D eigenvalue weighted by molar-refractivity contribution is -0.137. The van der Waals surface area contributed by atoms with E-state index in [1.54, 1.807) is 24.3 Å². The summed E-state index contributed by atoms with van der Waals surface area (Å²) in [6.07, 6.45) is -4.76. The van der Waals surface area contributed by atoms with Gasteiger partial charge in [0.15, 0.2) is 6.61 Å². The largest absolute Gasteiger partial charge is 0.508 e. The van der Waals surface area contributed by atoms with E-state index in [1.165, 1.54) is 24.3 Å². The van der Waals surface area contributed by atoms with Crippen LogP contribution in [0.2, 0.25) is 0 Å². The van der Waals surface area contributed by atoms with Crippen LogP contribution >= 0.6 is 0 Å². The molecule has 11 heteroatoms. The molecule has 1 N–H and O–H groups in total. The van der Waals surface area contributed by atoms with Crippen LogP contribution in [0, 0.1) is 5.82 Å². The Morgan fingerprint density at radius 2 is 1.67 bits per heavy atom. The summed E-state index contributed by atoms with van der Waals surface area (Å²) in [5.74, 6) is -1.80. The lowest BCUT2D eigenvalue weighted by atomic mass is 10.0. The fraction of sp³-hybridized carbons (Fsp3) is 0.0800. The number of aromatic hydroxyl groups is 1. The number of rotatable bonds is 5. The zero-order chi connectivity index (χ0) is 25.4. The van der Waals surface area contributed by atoms with Crippen LogP contribution in [0.25, 0.3) is 33.6 Å². The van der Waals surface area contributed by atoms with E-state index < -0.39 is 24.2 Å². The summed E-state index contributed by atoms with van der Waals surface area (Å²) >= 11 is 0. The van der Waals surface area contributed by atoms with Crippen LogP contribution in [-0.4, -0.2) is 15.3 Å². The summed E-state index contributed by atoms with van der Waals surface area (Å²) in [6.45, 7) is -0.402. The van der Waals surface area contributed by atoms with E-state index in [0.29, 0.717) is 23.1 Å². The molecule has 0 saturated heterocycles. The van der Waals surface area contributed by atoms with Crippen LogP contribution in [0.3, 0.4) is 0 Å². The molecule has 2 aromatic heterocycles. The quantitative estimate of drug-likeness (QED) is 0.299. The van der Waals surface area contributed by atoms with E-state index in [-0.39, 0.29) is 45.6 Å². The summed E-state index contributed by atoms with van der Waals surface area (Å²) in [5.41, 5.74) is -1.11. The molecule has 0 aliphatic carbocycles. The normalized spacial score (nSPS) is 11.7. The first-order valence-corrected chi connectivity index (χ1v) is 10.4. The number of aromatic nitrogens is 2. The monoisotopic (exact) mass is 498 g/mol. The molecule has 3 aromatic carbocycles. The minimum atomic E-state index is -4.76. The summed E-state index contributed by atoms with van der Waals surface area (Å²) in [5, 5.41) is 17.3. The van der Waals surface area contributed by atoms with Crippen molar-refractivity contribution in [1.82, 2.24) is 10.2 Å². The van der Waals surface area contributed by atoms with Crippen molar-refractivity contribution in [3.63, 3.8) is 0 Å². The van der Waals surface area contributed by atoms with Crippen LogP contribution in [-0.2, 0) is 12.8 Å². The number of hydrogen-bond acceptors (Lipinski definition) is 7. The average Bonchev–Trinajstić information content (AvgIpc) is 3.32. The van der Waals surface area contributed by atoms with E-state index in [9.17, 15) is 27.5 Å². The van der Waals surface area contributed by atoms with Gasteiger partial charge in [-0.25, -0.2) is 4.39 Å². The van der Waals surface area contributed by atoms with Gasteiger partial charge in [0.25, 0.3) is 11.8 Å². The lowest BCUT2D eigenvalue weighted by Crippen LogP contribution is -2.09. The summed E-state index contributed by atoms with van der Waals surface area (Å²) in [6, 6.07) is 14.2. The molecule has 5 aromatic rings. The molecular weight excluding hydrogens is 484 g/mol. The maximum atomic E-state index is 13.7. The highest BCUT2D eigenvalue weighted by atomic mass is 19.4. The number of benzene rings is 3. The van der Waals surface area contributed by atoms with Crippen molar-refractivity contribution in [3.8, 4) is 34.3 Å². The SMILES string of the molecule is O=c1c(-c2ccc(O)cc2)c(OCc2nnc(-c3cc(F)cc(C(F)(F)F)c3)o2)oc2ccccc12. The molecule has 0 radical (unpaired) electrons. The molecular formula is C25H14F4N2O5. The van der Waals surface area contributed by atoms with Gasteiger partial charge in [-0.2, -0.15) is 13.2 Å². The third-order valence-electron chi connectivity index (χ3n) is 5.19. The fourth-order valence-electron chi connectivity index (χ4n) is 3.53. The first-order valence-electron chi connectivity index (χ1n) is 10.4. The number of halogens is 4. The highest BCUT2D eigenvalue weighted by molar-refractivity contribution is 5.84. The number of para-hydroxylation sites is 1. The zero-order valence-electron chi connectivity index (χ0n) is 18.0. The highest BCUT2D eigenvalue weighted by Gasteiger charge is 2.32. The lowest BCUT2D eigenvalue weighted by Gasteiger charge is -2.10. The second-order valence-corrected chi connectivity index (χ2v) is 7.65. The molecule has 0 bridgehead atoms.